The summed E-state index contributed by atoms with van der Waals surface area (Å²) in [6.07, 6.45) is 0.347. The number of hydrogen-bond donors (Lipinski definition) is 2. The van der Waals surface area contributed by atoms with E-state index in [9.17, 15) is 4.79 Å². The Bertz CT molecular complexity index is 483. The quantitative estimate of drug-likeness (QED) is 0.791. The van der Waals surface area contributed by atoms with Crippen molar-refractivity contribution >= 4 is 17.3 Å². The summed E-state index contributed by atoms with van der Waals surface area (Å²) in [7, 11) is 0. The first-order chi connectivity index (χ1) is 8.75. The van der Waals surface area contributed by atoms with Gasteiger partial charge in [-0.2, -0.15) is 0 Å². The summed E-state index contributed by atoms with van der Waals surface area (Å²) in [5, 5.41) is 10.5. The Labute approximate surface area is 106 Å². The number of para-hydroxylation sites is 1. The fourth-order valence-corrected chi connectivity index (χ4v) is 1.61. The highest BCUT2D eigenvalue weighted by Crippen LogP contribution is 2.06. The van der Waals surface area contributed by atoms with E-state index in [1.54, 1.807) is 12.1 Å². The van der Waals surface area contributed by atoms with Crippen molar-refractivity contribution in [1.29, 1.82) is 5.41 Å². The van der Waals surface area contributed by atoms with Crippen LogP contribution in [0.25, 0.3) is 0 Å². The average molecular weight is 238 g/mol. The van der Waals surface area contributed by atoms with Gasteiger partial charge in [0.15, 0.2) is 0 Å². The number of amides is 1. The number of carbonyl (C=O) groups excluding carboxylic acids is 1. The summed E-state index contributed by atoms with van der Waals surface area (Å²) in [4.78, 5) is 11.8. The van der Waals surface area contributed by atoms with Gasteiger partial charge in [-0.15, -0.1) is 0 Å². The van der Waals surface area contributed by atoms with Gasteiger partial charge >= 0.3 is 0 Å². The van der Waals surface area contributed by atoms with Crippen molar-refractivity contribution in [3.63, 3.8) is 0 Å². The lowest BCUT2D eigenvalue weighted by molar-refractivity contribution is -0.110. The highest BCUT2D eigenvalue weighted by Gasteiger charge is 2.09. The van der Waals surface area contributed by atoms with Crippen LogP contribution in [0.3, 0.4) is 0 Å². The van der Waals surface area contributed by atoms with Gasteiger partial charge in [-0.1, -0.05) is 48.5 Å². The normalized spacial score (nSPS) is 9.78. The van der Waals surface area contributed by atoms with Crippen molar-refractivity contribution < 1.29 is 4.79 Å². The van der Waals surface area contributed by atoms with Crippen molar-refractivity contribution in [3.05, 3.63) is 66.2 Å². The third-order valence-electron chi connectivity index (χ3n) is 2.53. The van der Waals surface area contributed by atoms with Crippen LogP contribution in [0.15, 0.2) is 60.7 Å². The van der Waals surface area contributed by atoms with Gasteiger partial charge in [-0.25, -0.2) is 0 Å². The molecule has 2 N–H and O–H groups in total. The van der Waals surface area contributed by atoms with E-state index in [0.29, 0.717) is 12.1 Å². The van der Waals surface area contributed by atoms with Crippen LogP contribution in [0.2, 0.25) is 0 Å². The minimum Gasteiger partial charge on any atom is -0.321 e. The average Bonchev–Trinajstić information content (AvgIpc) is 2.41. The lowest BCUT2D eigenvalue weighted by atomic mass is 10.1. The van der Waals surface area contributed by atoms with E-state index in [-0.39, 0.29) is 11.6 Å². The van der Waals surface area contributed by atoms with Gasteiger partial charge in [0, 0.05) is 12.1 Å². The maximum Gasteiger partial charge on any atom is 0.269 e. The predicted octanol–water partition coefficient (Wildman–Crippen LogP) is 2.89. The van der Waals surface area contributed by atoms with Crippen LogP contribution in [0, 0.1) is 5.41 Å². The van der Waals surface area contributed by atoms with E-state index in [2.05, 4.69) is 5.32 Å². The van der Waals surface area contributed by atoms with Crippen molar-refractivity contribution in [1.82, 2.24) is 0 Å². The molecule has 18 heavy (non-hydrogen) atoms. The Kier molecular flexibility index (Phi) is 3.86. The molecule has 0 unspecified atom stereocenters. The molecule has 0 aliphatic heterocycles. The first-order valence-corrected chi connectivity index (χ1v) is 5.73. The molecular formula is C15H14N2O. The topological polar surface area (TPSA) is 53.0 Å². The van der Waals surface area contributed by atoms with E-state index in [1.165, 1.54) is 0 Å². The predicted molar refractivity (Wildman–Crippen MR) is 72.9 cm³/mol. The smallest absolute Gasteiger partial charge is 0.269 e. The summed E-state index contributed by atoms with van der Waals surface area (Å²) in [5.41, 5.74) is 1.73. The first-order valence-electron chi connectivity index (χ1n) is 5.73. The molecule has 2 aromatic carbocycles. The summed E-state index contributed by atoms with van der Waals surface area (Å²) >= 11 is 0. The minimum absolute atomic E-state index is 0.0602. The molecule has 90 valence electrons. The number of rotatable bonds is 4. The maximum absolute atomic E-state index is 11.8. The molecule has 0 fully saturated rings. The van der Waals surface area contributed by atoms with Gasteiger partial charge in [0.1, 0.15) is 5.71 Å². The Hall–Kier alpha value is -2.42. The molecular weight excluding hydrogens is 224 g/mol. The van der Waals surface area contributed by atoms with Gasteiger partial charge in [-0.3, -0.25) is 10.2 Å². The summed E-state index contributed by atoms with van der Waals surface area (Å²) < 4.78 is 0. The number of nitrogens with one attached hydrogen (secondary N) is 2. The molecule has 1 amide bonds. The highest BCUT2D eigenvalue weighted by molar-refractivity contribution is 6.42. The van der Waals surface area contributed by atoms with Crippen LogP contribution in [0.1, 0.15) is 5.56 Å². The van der Waals surface area contributed by atoms with E-state index in [4.69, 9.17) is 5.41 Å². The SMILES string of the molecule is N=C(Cc1ccccc1)C(=O)Nc1ccccc1. The number of benzene rings is 2. The molecule has 0 atom stereocenters. The van der Waals surface area contributed by atoms with Crippen LogP contribution in [-0.4, -0.2) is 11.6 Å². The Morgan fingerprint density at radius 3 is 2.11 bits per heavy atom. The van der Waals surface area contributed by atoms with Crippen molar-refractivity contribution in [2.75, 3.05) is 5.32 Å². The molecule has 0 spiro atoms. The highest BCUT2D eigenvalue weighted by atomic mass is 16.1. The van der Waals surface area contributed by atoms with Crippen LogP contribution in [0.5, 0.6) is 0 Å². The molecule has 0 bridgehead atoms. The standard InChI is InChI=1S/C15H14N2O/c16-14(11-12-7-3-1-4-8-12)15(18)17-13-9-5-2-6-10-13/h1-10,16H,11H2,(H,17,18). The van der Waals surface area contributed by atoms with E-state index >= 15 is 0 Å². The number of anilines is 1. The second-order valence-corrected chi connectivity index (χ2v) is 3.96. The molecule has 0 saturated carbocycles. The molecule has 0 aliphatic rings. The summed E-state index contributed by atoms with van der Waals surface area (Å²) in [5.74, 6) is -0.356. The van der Waals surface area contributed by atoms with Gasteiger partial charge in [0.05, 0.1) is 0 Å². The van der Waals surface area contributed by atoms with Gasteiger partial charge in [0.2, 0.25) is 0 Å². The summed E-state index contributed by atoms with van der Waals surface area (Å²) in [6, 6.07) is 18.7. The maximum atomic E-state index is 11.8. The molecule has 0 radical (unpaired) electrons. The second kappa shape index (κ2) is 5.77. The molecule has 3 nitrogen and oxygen atoms in total. The Morgan fingerprint density at radius 2 is 1.50 bits per heavy atom. The van der Waals surface area contributed by atoms with Crippen LogP contribution >= 0.6 is 0 Å². The lowest BCUT2D eigenvalue weighted by Crippen LogP contribution is -2.23. The largest absolute Gasteiger partial charge is 0.321 e. The number of carbonyl (C=O) groups is 1. The molecule has 0 aliphatic carbocycles. The van der Waals surface area contributed by atoms with E-state index < -0.39 is 0 Å². The van der Waals surface area contributed by atoms with E-state index in [0.717, 1.165) is 5.56 Å². The van der Waals surface area contributed by atoms with Crippen LogP contribution in [-0.2, 0) is 11.2 Å². The molecule has 2 aromatic rings. The van der Waals surface area contributed by atoms with Gasteiger partial charge in [0.25, 0.3) is 5.91 Å². The number of hydrogen-bond acceptors (Lipinski definition) is 2. The zero-order valence-corrected chi connectivity index (χ0v) is 9.89. The Balaban J connectivity index is 1.96. The third-order valence-corrected chi connectivity index (χ3v) is 2.53. The molecule has 2 rings (SSSR count). The van der Waals surface area contributed by atoms with Gasteiger partial charge in [-0.05, 0) is 17.7 Å². The molecule has 0 aromatic heterocycles. The fourth-order valence-electron chi connectivity index (χ4n) is 1.61. The summed E-state index contributed by atoms with van der Waals surface area (Å²) in [6.45, 7) is 0. The zero-order chi connectivity index (χ0) is 12.8. The minimum atomic E-state index is -0.356. The monoisotopic (exact) mass is 238 g/mol. The van der Waals surface area contributed by atoms with Crippen molar-refractivity contribution in [3.8, 4) is 0 Å². The third kappa shape index (κ3) is 3.28. The lowest BCUT2D eigenvalue weighted by Gasteiger charge is -2.06. The second-order valence-electron chi connectivity index (χ2n) is 3.96. The molecule has 3 heteroatoms. The van der Waals surface area contributed by atoms with E-state index in [1.807, 2.05) is 48.5 Å². The van der Waals surface area contributed by atoms with Crippen molar-refractivity contribution in [2.45, 2.75) is 6.42 Å². The van der Waals surface area contributed by atoms with Crippen LogP contribution < -0.4 is 5.32 Å². The first kappa shape index (κ1) is 12.0. The molecule has 0 heterocycles. The Morgan fingerprint density at radius 1 is 0.944 bits per heavy atom. The van der Waals surface area contributed by atoms with Crippen molar-refractivity contribution in [2.24, 2.45) is 0 Å². The fraction of sp³-hybridized carbons (Fsp3) is 0.0667. The van der Waals surface area contributed by atoms with Crippen LogP contribution in [0.4, 0.5) is 5.69 Å². The van der Waals surface area contributed by atoms with Gasteiger partial charge < -0.3 is 5.32 Å². The molecule has 0 saturated heterocycles. The zero-order valence-electron chi connectivity index (χ0n) is 9.89.